The van der Waals surface area contributed by atoms with E-state index in [0.717, 1.165) is 5.06 Å². The Morgan fingerprint density at radius 2 is 1.91 bits per heavy atom. The molecule has 0 bridgehead atoms. The third-order valence-electron chi connectivity index (χ3n) is 6.09. The number of pyridine rings is 1. The predicted molar refractivity (Wildman–Crippen MR) is 136 cm³/mol. The number of benzene rings is 1. The van der Waals surface area contributed by atoms with Gasteiger partial charge in [0.1, 0.15) is 17.1 Å². The van der Waals surface area contributed by atoms with Gasteiger partial charge in [-0.05, 0) is 19.5 Å². The normalized spacial score (nSPS) is 18.5. The second kappa shape index (κ2) is 10.4. The number of methoxy groups -OCH3 is 2. The number of nitrogens with one attached hydrogen (secondary N) is 1. The molecule has 1 aromatic carbocycles. The number of halogens is 2. The molecule has 13 heteroatoms. The van der Waals surface area contributed by atoms with Crippen molar-refractivity contribution in [2.24, 2.45) is 0 Å². The molecule has 0 radical (unpaired) electrons. The van der Waals surface area contributed by atoms with Crippen LogP contribution in [-0.4, -0.2) is 70.0 Å². The van der Waals surface area contributed by atoms with Crippen LogP contribution in [0, 0.1) is 5.21 Å². The van der Waals surface area contributed by atoms with Crippen LogP contribution in [0.1, 0.15) is 6.42 Å². The lowest BCUT2D eigenvalue weighted by Gasteiger charge is -2.47. The van der Waals surface area contributed by atoms with Crippen LogP contribution in [0.2, 0.25) is 10.0 Å². The van der Waals surface area contributed by atoms with Gasteiger partial charge in [0.05, 0.1) is 40.6 Å². The molecule has 35 heavy (non-hydrogen) atoms. The van der Waals surface area contributed by atoms with Gasteiger partial charge < -0.3 is 25.1 Å². The average Bonchev–Trinajstić information content (AvgIpc) is 2.79. The summed E-state index contributed by atoms with van der Waals surface area (Å²) in [5, 5.41) is 16.9. The maximum Gasteiger partial charge on any atom is 0.260 e. The molecule has 0 saturated carbocycles. The summed E-state index contributed by atoms with van der Waals surface area (Å²) >= 11 is 13.2. The zero-order chi connectivity index (χ0) is 25.4. The van der Waals surface area contributed by atoms with Crippen molar-refractivity contribution in [1.82, 2.24) is 24.9 Å². The van der Waals surface area contributed by atoms with Crippen LogP contribution in [0.15, 0.2) is 28.3 Å². The monoisotopic (exact) mass is 540 g/mol. The zero-order valence-electron chi connectivity index (χ0n) is 19.5. The summed E-state index contributed by atoms with van der Waals surface area (Å²) < 4.78 is 24.2. The van der Waals surface area contributed by atoms with Gasteiger partial charge in [0.15, 0.2) is 0 Å². The standard InChI is InChI=1S/C22H24Cl2N5O5S/c1-28(31)14-10-25-13(14)5-6-29-20-11(9-26-22(27-20)35(4)32)7-12(21(29)30)17-18(23)15(33-2)8-16(34-3)19(17)24/h7-9,13-14,25H,5-6,10H2,1-4H3/q-1. The van der Waals surface area contributed by atoms with Crippen LogP contribution in [0.3, 0.4) is 0 Å². The lowest BCUT2D eigenvalue weighted by atomic mass is 9.96. The summed E-state index contributed by atoms with van der Waals surface area (Å²) in [5.74, 6) is 0.587. The minimum absolute atomic E-state index is 0.0891. The van der Waals surface area contributed by atoms with E-state index in [0.29, 0.717) is 35.5 Å². The van der Waals surface area contributed by atoms with Crippen molar-refractivity contribution in [3.8, 4) is 22.6 Å². The number of rotatable bonds is 8. The smallest absolute Gasteiger partial charge is 0.260 e. The Morgan fingerprint density at radius 1 is 1.26 bits per heavy atom. The first kappa shape index (κ1) is 25.8. The SMILES string of the molecule is COc1cc(OC)c(Cl)c(-c2cc3cnc(S(C)=O)nc3n(CCC3NCC3N(C)[O-])c2=O)c1Cl. The molecule has 3 atom stereocenters. The lowest BCUT2D eigenvalue weighted by Crippen LogP contribution is -2.63. The number of hydrogen-bond donors (Lipinski definition) is 1. The van der Waals surface area contributed by atoms with E-state index in [2.05, 4.69) is 15.3 Å². The van der Waals surface area contributed by atoms with Crippen LogP contribution in [-0.2, 0) is 17.3 Å². The minimum Gasteiger partial charge on any atom is -0.785 e. The van der Waals surface area contributed by atoms with E-state index in [-0.39, 0.29) is 45.0 Å². The fourth-order valence-electron chi connectivity index (χ4n) is 4.12. The highest BCUT2D eigenvalue weighted by atomic mass is 35.5. The van der Waals surface area contributed by atoms with Crippen LogP contribution in [0.5, 0.6) is 11.5 Å². The van der Waals surface area contributed by atoms with E-state index >= 15 is 0 Å². The first-order valence-electron chi connectivity index (χ1n) is 10.7. The Labute approximate surface area is 214 Å². The first-order valence-corrected chi connectivity index (χ1v) is 13.0. The van der Waals surface area contributed by atoms with E-state index in [1.807, 2.05) is 0 Å². The number of aromatic nitrogens is 3. The van der Waals surface area contributed by atoms with Crippen LogP contribution in [0.25, 0.3) is 22.2 Å². The van der Waals surface area contributed by atoms with Gasteiger partial charge in [-0.3, -0.25) is 13.6 Å². The highest BCUT2D eigenvalue weighted by Gasteiger charge is 2.30. The summed E-state index contributed by atoms with van der Waals surface area (Å²) in [5.41, 5.74) is 0.381. The second-order valence-electron chi connectivity index (χ2n) is 8.10. The van der Waals surface area contributed by atoms with Crippen molar-refractivity contribution in [2.45, 2.75) is 30.2 Å². The molecule has 3 unspecified atom stereocenters. The summed E-state index contributed by atoms with van der Waals surface area (Å²) in [6.45, 7) is 0.824. The average molecular weight is 541 g/mol. The van der Waals surface area contributed by atoms with Crippen molar-refractivity contribution in [2.75, 3.05) is 34.1 Å². The van der Waals surface area contributed by atoms with Crippen molar-refractivity contribution >= 4 is 45.0 Å². The maximum absolute atomic E-state index is 13.8. The van der Waals surface area contributed by atoms with Gasteiger partial charge in [-0.2, -0.15) is 0 Å². The molecule has 0 spiro atoms. The molecule has 188 valence electrons. The van der Waals surface area contributed by atoms with Crippen LogP contribution < -0.4 is 20.3 Å². The molecular weight excluding hydrogens is 517 g/mol. The number of aryl methyl sites for hydroxylation is 1. The predicted octanol–water partition coefficient (Wildman–Crippen LogP) is 2.68. The Kier molecular flexibility index (Phi) is 7.65. The van der Waals surface area contributed by atoms with Crippen molar-refractivity contribution in [3.63, 3.8) is 0 Å². The Hall–Kier alpha value is -2.28. The molecule has 1 aliphatic rings. The van der Waals surface area contributed by atoms with Crippen LogP contribution >= 0.6 is 23.2 Å². The topological polar surface area (TPSA) is 122 Å². The minimum atomic E-state index is -1.45. The molecule has 0 aliphatic carbocycles. The molecule has 1 N–H and O–H groups in total. The van der Waals surface area contributed by atoms with Gasteiger partial charge in [-0.25, -0.2) is 9.97 Å². The highest BCUT2D eigenvalue weighted by Crippen LogP contribution is 2.45. The largest absolute Gasteiger partial charge is 0.785 e. The van der Waals surface area contributed by atoms with E-state index in [1.54, 1.807) is 12.1 Å². The molecule has 10 nitrogen and oxygen atoms in total. The quantitative estimate of drug-likeness (QED) is 0.339. The third-order valence-corrected chi connectivity index (χ3v) is 7.55. The Balaban J connectivity index is 1.92. The number of likely N-dealkylation sites (N-methyl/N-ethyl adjacent to an activating group) is 1. The molecule has 4 rings (SSSR count). The molecule has 1 fully saturated rings. The molecule has 3 heterocycles. The third kappa shape index (κ3) is 4.76. The number of fused-ring (bicyclic) bond motifs is 1. The molecule has 3 aromatic rings. The summed E-state index contributed by atoms with van der Waals surface area (Å²) in [6.07, 6.45) is 3.47. The van der Waals surface area contributed by atoms with E-state index < -0.39 is 16.4 Å². The molecule has 1 aliphatic heterocycles. The molecule has 1 saturated heterocycles. The maximum atomic E-state index is 13.8. The van der Waals surface area contributed by atoms with Crippen molar-refractivity contribution < 1.29 is 13.7 Å². The fourth-order valence-corrected chi connectivity index (χ4v) is 5.25. The van der Waals surface area contributed by atoms with E-state index in [9.17, 15) is 14.2 Å². The fraction of sp³-hybridized carbons (Fsp3) is 0.409. The molecule has 2 aromatic heterocycles. The van der Waals surface area contributed by atoms with Gasteiger partial charge in [0, 0.05) is 54.6 Å². The second-order valence-corrected chi connectivity index (χ2v) is 10.1. The molecular formula is C22H24Cl2N5O5S-. The zero-order valence-corrected chi connectivity index (χ0v) is 21.8. The number of nitrogens with zero attached hydrogens (tertiary/aromatic N) is 4. The van der Waals surface area contributed by atoms with Crippen molar-refractivity contribution in [3.05, 3.63) is 43.9 Å². The van der Waals surface area contributed by atoms with Crippen LogP contribution in [0.4, 0.5) is 0 Å². The van der Waals surface area contributed by atoms with Gasteiger partial charge in [-0.1, -0.05) is 23.2 Å². The number of ether oxygens (including phenoxy) is 2. The van der Waals surface area contributed by atoms with E-state index in [1.165, 1.54) is 38.3 Å². The summed E-state index contributed by atoms with van der Waals surface area (Å²) in [6, 6.07) is 2.87. The number of hydrogen-bond acceptors (Lipinski definition) is 9. The summed E-state index contributed by atoms with van der Waals surface area (Å²) in [4.78, 5) is 22.4. The summed E-state index contributed by atoms with van der Waals surface area (Å²) in [7, 11) is 2.94. The molecule has 0 amide bonds. The van der Waals surface area contributed by atoms with Gasteiger partial charge in [0.2, 0.25) is 5.16 Å². The lowest BCUT2D eigenvalue weighted by molar-refractivity contribution is 0.155. The Bertz CT molecular complexity index is 1340. The van der Waals surface area contributed by atoms with E-state index in [4.69, 9.17) is 32.7 Å². The van der Waals surface area contributed by atoms with Gasteiger partial charge in [-0.15, -0.1) is 0 Å². The highest BCUT2D eigenvalue weighted by molar-refractivity contribution is 7.84. The first-order chi connectivity index (χ1) is 16.7. The van der Waals surface area contributed by atoms with Gasteiger partial charge in [0.25, 0.3) is 5.56 Å². The van der Waals surface area contributed by atoms with Gasteiger partial charge >= 0.3 is 0 Å². The number of hydroxylamine groups is 2. The Morgan fingerprint density at radius 3 is 2.43 bits per heavy atom. The van der Waals surface area contributed by atoms with Crippen molar-refractivity contribution in [1.29, 1.82) is 0 Å².